The van der Waals surface area contributed by atoms with Gasteiger partial charge in [-0.05, 0) is 50.3 Å². The lowest BCUT2D eigenvalue weighted by Gasteiger charge is -2.29. The third-order valence-electron chi connectivity index (χ3n) is 5.07. The van der Waals surface area contributed by atoms with Gasteiger partial charge in [-0.2, -0.15) is 0 Å². The van der Waals surface area contributed by atoms with Gasteiger partial charge in [0.25, 0.3) is 5.91 Å². The summed E-state index contributed by atoms with van der Waals surface area (Å²) >= 11 is 1.23. The molecule has 2 atom stereocenters. The van der Waals surface area contributed by atoms with Crippen LogP contribution in [0.25, 0.3) is 0 Å². The number of carbonyl (C=O) groups excluding carboxylic acids is 2. The minimum atomic E-state index is -0.977. The molecule has 28 heavy (non-hydrogen) atoms. The Morgan fingerprint density at radius 1 is 1.18 bits per heavy atom. The highest BCUT2D eigenvalue weighted by Crippen LogP contribution is 2.35. The first-order valence-corrected chi connectivity index (χ1v) is 9.81. The molecule has 0 unspecified atom stereocenters. The van der Waals surface area contributed by atoms with Crippen LogP contribution in [-0.2, 0) is 16.1 Å². The predicted octanol–water partition coefficient (Wildman–Crippen LogP) is 3.66. The molecule has 0 spiro atoms. The summed E-state index contributed by atoms with van der Waals surface area (Å²) in [4.78, 5) is 36.9. The van der Waals surface area contributed by atoms with Gasteiger partial charge in [0.1, 0.15) is 10.8 Å². The fourth-order valence-corrected chi connectivity index (χ4v) is 4.08. The first-order chi connectivity index (χ1) is 13.4. The number of thiophene rings is 1. The largest absolute Gasteiger partial charge is 0.481 e. The number of carbonyl (C=O) groups is 3. The van der Waals surface area contributed by atoms with Gasteiger partial charge in [-0.3, -0.25) is 14.4 Å². The number of allylic oxidation sites excluding steroid dienone is 2. The lowest BCUT2D eigenvalue weighted by Crippen LogP contribution is -2.36. The van der Waals surface area contributed by atoms with E-state index in [0.29, 0.717) is 29.2 Å². The van der Waals surface area contributed by atoms with Crippen LogP contribution in [-0.4, -0.2) is 22.9 Å². The van der Waals surface area contributed by atoms with Crippen molar-refractivity contribution in [1.82, 2.24) is 5.32 Å². The molecule has 2 amide bonds. The van der Waals surface area contributed by atoms with Crippen molar-refractivity contribution in [3.63, 3.8) is 0 Å². The van der Waals surface area contributed by atoms with Crippen molar-refractivity contribution in [1.29, 1.82) is 0 Å². The maximum Gasteiger partial charge on any atom is 0.307 e. The Morgan fingerprint density at radius 2 is 1.89 bits per heavy atom. The number of aliphatic carboxylic acids is 1. The van der Waals surface area contributed by atoms with E-state index in [-0.39, 0.29) is 18.4 Å². The summed E-state index contributed by atoms with van der Waals surface area (Å²) in [5.74, 6) is -2.49. The second-order valence-corrected chi connectivity index (χ2v) is 7.85. The van der Waals surface area contributed by atoms with E-state index in [2.05, 4.69) is 10.6 Å². The normalized spacial score (nSPS) is 19.4. The van der Waals surface area contributed by atoms with Gasteiger partial charge in [-0.15, -0.1) is 11.3 Å². The predicted molar refractivity (Wildman–Crippen MR) is 105 cm³/mol. The molecule has 1 aliphatic rings. The quantitative estimate of drug-likeness (QED) is 0.639. The highest BCUT2D eigenvalue weighted by Gasteiger charge is 2.37. The topological polar surface area (TPSA) is 109 Å². The zero-order valence-electron chi connectivity index (χ0n) is 15.7. The van der Waals surface area contributed by atoms with Gasteiger partial charge in [0.05, 0.1) is 30.2 Å². The molecular formula is C20H22N2O5S. The molecule has 0 aliphatic heterocycles. The van der Waals surface area contributed by atoms with Gasteiger partial charge in [0, 0.05) is 0 Å². The van der Waals surface area contributed by atoms with E-state index in [0.717, 1.165) is 11.1 Å². The highest BCUT2D eigenvalue weighted by atomic mass is 32.1. The summed E-state index contributed by atoms with van der Waals surface area (Å²) in [5, 5.41) is 17.1. The number of nitrogens with one attached hydrogen (secondary N) is 2. The fourth-order valence-electron chi connectivity index (χ4n) is 3.29. The van der Waals surface area contributed by atoms with E-state index in [1.807, 2.05) is 13.8 Å². The molecule has 0 fully saturated rings. The van der Waals surface area contributed by atoms with Crippen LogP contribution < -0.4 is 10.6 Å². The molecular weight excluding hydrogens is 380 g/mol. The Kier molecular flexibility index (Phi) is 5.99. The van der Waals surface area contributed by atoms with Gasteiger partial charge in [0.2, 0.25) is 5.91 Å². The third-order valence-corrected chi connectivity index (χ3v) is 5.90. The van der Waals surface area contributed by atoms with E-state index < -0.39 is 17.8 Å². The number of rotatable bonds is 6. The first kappa shape index (κ1) is 19.9. The van der Waals surface area contributed by atoms with Crippen molar-refractivity contribution >= 4 is 34.1 Å². The fraction of sp³-hybridized carbons (Fsp3) is 0.350. The van der Waals surface area contributed by atoms with Crippen molar-refractivity contribution in [3.8, 4) is 0 Å². The summed E-state index contributed by atoms with van der Waals surface area (Å²) in [7, 11) is 0. The first-order valence-electron chi connectivity index (χ1n) is 8.93. The van der Waals surface area contributed by atoms with Crippen LogP contribution in [0.1, 0.15) is 42.8 Å². The molecule has 8 heteroatoms. The lowest BCUT2D eigenvalue weighted by atomic mass is 9.76. The summed E-state index contributed by atoms with van der Waals surface area (Å²) in [5.41, 5.74) is 2.40. The van der Waals surface area contributed by atoms with Crippen LogP contribution in [0.4, 0.5) is 5.00 Å². The van der Waals surface area contributed by atoms with E-state index >= 15 is 0 Å². The molecule has 7 nitrogen and oxygen atoms in total. The lowest BCUT2D eigenvalue weighted by molar-refractivity contribution is -0.146. The standard InChI is InChI=1S/C20H22N2O5S/c1-11-8-15(16(20(25)26)9-12(11)2)18(24)22-19-14(5-7-28-19)17(23)21-10-13-4-3-6-27-13/h3-7,15-16H,8-10H2,1-2H3,(H,21,23)(H,22,24)(H,25,26)/t15-,16-/m0/s1. The molecule has 0 radical (unpaired) electrons. The number of amides is 2. The smallest absolute Gasteiger partial charge is 0.307 e. The number of carboxylic acid groups (broad SMARTS) is 1. The monoisotopic (exact) mass is 402 g/mol. The SMILES string of the molecule is CC1=C(C)C[C@H](C(=O)Nc2sccc2C(=O)NCc2ccco2)[C@@H](C(=O)O)C1. The van der Waals surface area contributed by atoms with Crippen LogP contribution in [0, 0.1) is 11.8 Å². The van der Waals surface area contributed by atoms with Gasteiger partial charge in [-0.1, -0.05) is 11.1 Å². The maximum atomic E-state index is 12.8. The van der Waals surface area contributed by atoms with Crippen LogP contribution in [0.3, 0.4) is 0 Å². The van der Waals surface area contributed by atoms with Crippen LogP contribution in [0.2, 0.25) is 0 Å². The molecule has 2 aromatic rings. The number of hydrogen-bond acceptors (Lipinski definition) is 5. The van der Waals surface area contributed by atoms with E-state index in [4.69, 9.17) is 4.42 Å². The van der Waals surface area contributed by atoms with Gasteiger partial charge < -0.3 is 20.2 Å². The Labute approximate surface area is 166 Å². The molecule has 3 N–H and O–H groups in total. The highest BCUT2D eigenvalue weighted by molar-refractivity contribution is 7.14. The van der Waals surface area contributed by atoms with E-state index in [9.17, 15) is 19.5 Å². The number of anilines is 1. The Bertz CT molecular complexity index is 913. The van der Waals surface area contributed by atoms with Crippen molar-refractivity contribution in [2.75, 3.05) is 5.32 Å². The van der Waals surface area contributed by atoms with Crippen LogP contribution in [0.15, 0.2) is 45.4 Å². The Balaban J connectivity index is 1.70. The molecule has 2 heterocycles. The van der Waals surface area contributed by atoms with Gasteiger partial charge in [0.15, 0.2) is 0 Å². The molecule has 148 valence electrons. The number of furan rings is 1. The second-order valence-electron chi connectivity index (χ2n) is 6.93. The molecule has 0 bridgehead atoms. The molecule has 0 saturated carbocycles. The molecule has 2 aromatic heterocycles. The summed E-state index contributed by atoms with van der Waals surface area (Å²) in [6, 6.07) is 5.12. The number of hydrogen-bond donors (Lipinski definition) is 3. The Hall–Kier alpha value is -2.87. The van der Waals surface area contributed by atoms with Crippen molar-refractivity contribution < 1.29 is 23.9 Å². The Morgan fingerprint density at radius 3 is 2.54 bits per heavy atom. The molecule has 3 rings (SSSR count). The molecule has 0 aromatic carbocycles. The zero-order valence-corrected chi connectivity index (χ0v) is 16.5. The van der Waals surface area contributed by atoms with Crippen LogP contribution in [0.5, 0.6) is 0 Å². The minimum Gasteiger partial charge on any atom is -0.481 e. The minimum absolute atomic E-state index is 0.238. The average Bonchev–Trinajstić information content (AvgIpc) is 3.33. The van der Waals surface area contributed by atoms with E-state index in [1.165, 1.54) is 17.6 Å². The van der Waals surface area contributed by atoms with Crippen molar-refractivity contribution in [3.05, 3.63) is 52.3 Å². The van der Waals surface area contributed by atoms with Gasteiger partial charge in [-0.25, -0.2) is 0 Å². The van der Waals surface area contributed by atoms with Crippen molar-refractivity contribution in [2.45, 2.75) is 33.2 Å². The number of carboxylic acids is 1. The summed E-state index contributed by atoms with van der Waals surface area (Å²) in [6.45, 7) is 4.06. The van der Waals surface area contributed by atoms with Crippen molar-refractivity contribution in [2.24, 2.45) is 11.8 Å². The second kappa shape index (κ2) is 8.43. The summed E-state index contributed by atoms with van der Waals surface area (Å²) in [6.07, 6.45) is 2.29. The molecule has 0 saturated heterocycles. The third kappa shape index (κ3) is 4.33. The summed E-state index contributed by atoms with van der Waals surface area (Å²) < 4.78 is 5.19. The maximum absolute atomic E-state index is 12.8. The van der Waals surface area contributed by atoms with E-state index in [1.54, 1.807) is 23.6 Å². The average molecular weight is 402 g/mol. The van der Waals surface area contributed by atoms with Gasteiger partial charge >= 0.3 is 5.97 Å². The molecule has 1 aliphatic carbocycles. The zero-order chi connectivity index (χ0) is 20.3. The van der Waals surface area contributed by atoms with Crippen LogP contribution >= 0.6 is 11.3 Å².